The number of carboxylic acid groups (broad SMARTS) is 1. The number of hydrogen-bond acceptors (Lipinski definition) is 5. The van der Waals surface area contributed by atoms with Crippen molar-refractivity contribution in [1.82, 2.24) is 5.32 Å². The van der Waals surface area contributed by atoms with Crippen molar-refractivity contribution in [3.63, 3.8) is 0 Å². The largest absolute Gasteiger partial charge is 0.493 e. The predicted molar refractivity (Wildman–Crippen MR) is 105 cm³/mol. The predicted octanol–water partition coefficient (Wildman–Crippen LogP) is 3.76. The Labute approximate surface area is 162 Å². The number of nitrogens with one attached hydrogen (secondary N) is 1. The van der Waals surface area contributed by atoms with E-state index in [1.807, 2.05) is 19.1 Å². The minimum absolute atomic E-state index is 0.266. The molecule has 0 bridgehead atoms. The topological polar surface area (TPSA) is 84.9 Å². The van der Waals surface area contributed by atoms with Crippen LogP contribution in [0.4, 0.5) is 0 Å². The second-order valence-corrected chi connectivity index (χ2v) is 7.29. The monoisotopic (exact) mass is 389 g/mol. The first-order valence-electron chi connectivity index (χ1n) is 8.38. The molecule has 0 aliphatic carbocycles. The molecule has 2 atom stereocenters. The van der Waals surface area contributed by atoms with Gasteiger partial charge < -0.3 is 19.9 Å². The lowest BCUT2D eigenvalue weighted by molar-refractivity contribution is -0.136. The molecule has 1 amide bonds. The molecule has 2 N–H and O–H groups in total. The molecule has 0 aromatic heterocycles. The van der Waals surface area contributed by atoms with Crippen molar-refractivity contribution in [2.45, 2.75) is 30.0 Å². The number of carbonyl (C=O) groups is 2. The second kappa shape index (κ2) is 9.32. The minimum atomic E-state index is -0.922. The second-order valence-electron chi connectivity index (χ2n) is 5.90. The van der Waals surface area contributed by atoms with Crippen LogP contribution in [0.3, 0.4) is 0 Å². The summed E-state index contributed by atoms with van der Waals surface area (Å²) in [4.78, 5) is 24.5. The molecular weight excluding hydrogens is 366 g/mol. The lowest BCUT2D eigenvalue weighted by Gasteiger charge is -2.18. The van der Waals surface area contributed by atoms with E-state index in [1.165, 1.54) is 0 Å². The average molecular weight is 389 g/mol. The van der Waals surface area contributed by atoms with Crippen molar-refractivity contribution in [2.75, 3.05) is 14.2 Å². The number of carboxylic acids is 1. The van der Waals surface area contributed by atoms with Gasteiger partial charge in [0, 0.05) is 4.90 Å². The maximum atomic E-state index is 12.8. The van der Waals surface area contributed by atoms with E-state index in [2.05, 4.69) is 5.32 Å². The number of methoxy groups -OCH3 is 2. The number of hydrogen-bond donors (Lipinski definition) is 2. The zero-order valence-corrected chi connectivity index (χ0v) is 16.5. The smallest absolute Gasteiger partial charge is 0.316 e. The van der Waals surface area contributed by atoms with Crippen LogP contribution in [0.25, 0.3) is 0 Å². The van der Waals surface area contributed by atoms with Gasteiger partial charge in [0.25, 0.3) is 5.91 Å². The third kappa shape index (κ3) is 5.17. The van der Waals surface area contributed by atoms with Crippen LogP contribution in [0.1, 0.15) is 35.8 Å². The third-order valence-electron chi connectivity index (χ3n) is 4.04. The molecule has 144 valence electrons. The summed E-state index contributed by atoms with van der Waals surface area (Å²) in [5.74, 6) is 0.0124. The summed E-state index contributed by atoms with van der Waals surface area (Å²) in [6, 6.07) is 12.2. The van der Waals surface area contributed by atoms with Crippen molar-refractivity contribution in [2.24, 2.45) is 0 Å². The molecule has 0 heterocycles. The van der Waals surface area contributed by atoms with Crippen LogP contribution in [0.15, 0.2) is 47.4 Å². The van der Waals surface area contributed by atoms with Crippen LogP contribution < -0.4 is 14.8 Å². The Morgan fingerprint density at radius 2 is 1.70 bits per heavy atom. The Kier molecular flexibility index (Phi) is 7.12. The Morgan fingerprint density at radius 3 is 2.33 bits per heavy atom. The van der Waals surface area contributed by atoms with E-state index >= 15 is 0 Å². The average Bonchev–Trinajstić information content (AvgIpc) is 2.67. The Morgan fingerprint density at radius 1 is 1.04 bits per heavy atom. The van der Waals surface area contributed by atoms with E-state index in [0.29, 0.717) is 22.0 Å². The molecule has 2 rings (SSSR count). The van der Waals surface area contributed by atoms with Crippen LogP contribution in [-0.2, 0) is 4.79 Å². The molecule has 7 heteroatoms. The molecule has 27 heavy (non-hydrogen) atoms. The standard InChI is InChI=1S/C20H23NO5S/c1-12(14-9-10-16(25-3)17(11-14)26-4)21-19(22)15-7-5-6-8-18(15)27-13(2)20(23)24/h5-13H,1-4H3,(H,21,22)(H,23,24). The molecule has 0 radical (unpaired) electrons. The third-order valence-corrected chi connectivity index (χ3v) is 5.20. The van der Waals surface area contributed by atoms with Crippen molar-refractivity contribution >= 4 is 23.6 Å². The van der Waals surface area contributed by atoms with E-state index in [4.69, 9.17) is 14.6 Å². The van der Waals surface area contributed by atoms with E-state index in [9.17, 15) is 9.59 Å². The molecule has 2 aromatic rings. The summed E-state index contributed by atoms with van der Waals surface area (Å²) in [7, 11) is 3.12. The molecule has 0 saturated carbocycles. The van der Waals surface area contributed by atoms with Gasteiger partial charge in [0.1, 0.15) is 5.25 Å². The van der Waals surface area contributed by atoms with Crippen LogP contribution in [0, 0.1) is 0 Å². The van der Waals surface area contributed by atoms with Crippen molar-refractivity contribution in [1.29, 1.82) is 0 Å². The first-order chi connectivity index (χ1) is 12.9. The Hall–Kier alpha value is -2.67. The number of aliphatic carboxylic acids is 1. The van der Waals surface area contributed by atoms with Crippen LogP contribution in [0.2, 0.25) is 0 Å². The fourth-order valence-corrected chi connectivity index (χ4v) is 3.40. The fraction of sp³-hybridized carbons (Fsp3) is 0.300. The highest BCUT2D eigenvalue weighted by Crippen LogP contribution is 2.31. The van der Waals surface area contributed by atoms with Gasteiger partial charge in [0.2, 0.25) is 0 Å². The summed E-state index contributed by atoms with van der Waals surface area (Å²) in [5, 5.41) is 11.4. The molecular formula is C20H23NO5S. The van der Waals surface area contributed by atoms with Crippen molar-refractivity contribution < 1.29 is 24.2 Å². The van der Waals surface area contributed by atoms with Gasteiger partial charge >= 0.3 is 5.97 Å². The van der Waals surface area contributed by atoms with Crippen LogP contribution in [0.5, 0.6) is 11.5 Å². The number of benzene rings is 2. The summed E-state index contributed by atoms with van der Waals surface area (Å²) >= 11 is 1.14. The van der Waals surface area contributed by atoms with Crippen LogP contribution >= 0.6 is 11.8 Å². The number of rotatable bonds is 8. The van der Waals surface area contributed by atoms with Gasteiger partial charge in [-0.05, 0) is 43.7 Å². The molecule has 0 fully saturated rings. The van der Waals surface area contributed by atoms with E-state index in [1.54, 1.807) is 51.5 Å². The fourth-order valence-electron chi connectivity index (χ4n) is 2.48. The minimum Gasteiger partial charge on any atom is -0.493 e. The van der Waals surface area contributed by atoms with Crippen molar-refractivity contribution in [3.8, 4) is 11.5 Å². The molecule has 0 saturated heterocycles. The van der Waals surface area contributed by atoms with Crippen molar-refractivity contribution in [3.05, 3.63) is 53.6 Å². The molecule has 2 unspecified atom stereocenters. The molecule has 2 aromatic carbocycles. The molecule has 0 aliphatic rings. The normalized spacial score (nSPS) is 12.7. The quantitative estimate of drug-likeness (QED) is 0.669. The van der Waals surface area contributed by atoms with Gasteiger partial charge in [-0.25, -0.2) is 0 Å². The number of thioether (sulfide) groups is 1. The van der Waals surface area contributed by atoms with Gasteiger partial charge in [0.15, 0.2) is 11.5 Å². The van der Waals surface area contributed by atoms with Crippen LogP contribution in [-0.4, -0.2) is 36.5 Å². The lowest BCUT2D eigenvalue weighted by Crippen LogP contribution is -2.27. The highest BCUT2D eigenvalue weighted by Gasteiger charge is 2.19. The maximum absolute atomic E-state index is 12.8. The lowest BCUT2D eigenvalue weighted by atomic mass is 10.1. The highest BCUT2D eigenvalue weighted by molar-refractivity contribution is 8.00. The van der Waals surface area contributed by atoms with Gasteiger partial charge in [-0.1, -0.05) is 18.2 Å². The van der Waals surface area contributed by atoms with Gasteiger partial charge in [-0.15, -0.1) is 11.8 Å². The highest BCUT2D eigenvalue weighted by atomic mass is 32.2. The number of carbonyl (C=O) groups excluding carboxylic acids is 1. The van der Waals surface area contributed by atoms with E-state index < -0.39 is 11.2 Å². The Balaban J connectivity index is 2.19. The van der Waals surface area contributed by atoms with E-state index in [-0.39, 0.29) is 11.9 Å². The summed E-state index contributed by atoms with van der Waals surface area (Å²) < 4.78 is 10.5. The summed E-state index contributed by atoms with van der Waals surface area (Å²) in [6.45, 7) is 3.46. The Bertz CT molecular complexity index is 824. The molecule has 0 aliphatic heterocycles. The molecule has 6 nitrogen and oxygen atoms in total. The number of amides is 1. The van der Waals surface area contributed by atoms with Gasteiger partial charge in [0.05, 0.1) is 25.8 Å². The maximum Gasteiger partial charge on any atom is 0.316 e. The summed E-state index contributed by atoms with van der Waals surface area (Å²) in [5.41, 5.74) is 1.31. The first kappa shape index (κ1) is 20.6. The van der Waals surface area contributed by atoms with E-state index in [0.717, 1.165) is 17.3 Å². The number of ether oxygens (including phenoxy) is 2. The molecule has 0 spiro atoms. The zero-order chi connectivity index (χ0) is 20.0. The van der Waals surface area contributed by atoms with Gasteiger partial charge in [-0.2, -0.15) is 0 Å². The zero-order valence-electron chi connectivity index (χ0n) is 15.7. The first-order valence-corrected chi connectivity index (χ1v) is 9.26. The summed E-state index contributed by atoms with van der Waals surface area (Å²) in [6.07, 6.45) is 0. The van der Waals surface area contributed by atoms with Gasteiger partial charge in [-0.3, -0.25) is 9.59 Å². The SMILES string of the molecule is COc1ccc(C(C)NC(=O)c2ccccc2SC(C)C(=O)O)cc1OC.